The van der Waals surface area contributed by atoms with Crippen LogP contribution in [0.2, 0.25) is 0 Å². The number of nitro benzene ring substituents is 1. The highest BCUT2D eigenvalue weighted by atomic mass is 32.2. The maximum Gasteiger partial charge on any atom is 0.269 e. The summed E-state index contributed by atoms with van der Waals surface area (Å²) in [5.41, 5.74) is 1.33. The van der Waals surface area contributed by atoms with Gasteiger partial charge in [0.2, 0.25) is 10.0 Å². The van der Waals surface area contributed by atoms with Crippen molar-refractivity contribution in [2.45, 2.75) is 19.2 Å². The van der Waals surface area contributed by atoms with Gasteiger partial charge in [-0.15, -0.1) is 0 Å². The lowest BCUT2D eigenvalue weighted by Crippen LogP contribution is -2.24. The fraction of sp³-hybridized carbons (Fsp3) is 0.200. The Morgan fingerprint density at radius 3 is 2.30 bits per heavy atom. The fourth-order valence-electron chi connectivity index (χ4n) is 1.92. The second-order valence-electron chi connectivity index (χ2n) is 5.09. The summed E-state index contributed by atoms with van der Waals surface area (Å²) in [6, 6.07) is 9.79. The van der Waals surface area contributed by atoms with E-state index in [1.54, 1.807) is 19.1 Å². The smallest absolute Gasteiger partial charge is 0.258 e. The Morgan fingerprint density at radius 2 is 1.74 bits per heavy atom. The quantitative estimate of drug-likeness (QED) is 0.648. The normalized spacial score (nSPS) is 11.4. The zero-order valence-corrected chi connectivity index (χ0v) is 13.1. The van der Waals surface area contributed by atoms with Crippen molar-refractivity contribution in [2.24, 2.45) is 0 Å². The van der Waals surface area contributed by atoms with Crippen LogP contribution in [-0.2, 0) is 22.3 Å². The third kappa shape index (κ3) is 4.83. The Kier molecular flexibility index (Phi) is 5.07. The lowest BCUT2D eigenvalue weighted by Gasteiger charge is -2.08. The number of sulfonamides is 1. The Morgan fingerprint density at radius 1 is 1.13 bits per heavy atom. The number of aryl methyl sites for hydroxylation is 1. The van der Waals surface area contributed by atoms with Gasteiger partial charge in [-0.2, -0.15) is 0 Å². The molecule has 122 valence electrons. The van der Waals surface area contributed by atoms with E-state index in [4.69, 9.17) is 0 Å². The molecule has 0 aliphatic heterocycles. The van der Waals surface area contributed by atoms with Crippen LogP contribution in [0.25, 0.3) is 0 Å². The van der Waals surface area contributed by atoms with Crippen molar-refractivity contribution >= 4 is 15.7 Å². The molecule has 0 atom stereocenters. The molecule has 0 unspecified atom stereocenters. The van der Waals surface area contributed by atoms with Crippen molar-refractivity contribution in [3.05, 3.63) is 75.1 Å². The predicted octanol–water partition coefficient (Wildman–Crippen LogP) is 2.66. The molecule has 2 aromatic rings. The van der Waals surface area contributed by atoms with E-state index >= 15 is 0 Å². The van der Waals surface area contributed by atoms with Gasteiger partial charge in [-0.25, -0.2) is 17.5 Å². The molecule has 2 rings (SSSR count). The zero-order valence-electron chi connectivity index (χ0n) is 12.3. The van der Waals surface area contributed by atoms with Gasteiger partial charge in [0, 0.05) is 18.7 Å². The van der Waals surface area contributed by atoms with E-state index in [9.17, 15) is 22.9 Å². The van der Waals surface area contributed by atoms with Crippen molar-refractivity contribution in [3.63, 3.8) is 0 Å². The van der Waals surface area contributed by atoms with E-state index in [0.717, 1.165) is 0 Å². The van der Waals surface area contributed by atoms with Crippen molar-refractivity contribution in [3.8, 4) is 0 Å². The zero-order chi connectivity index (χ0) is 17.0. The summed E-state index contributed by atoms with van der Waals surface area (Å²) in [5, 5.41) is 10.6. The van der Waals surface area contributed by atoms with Gasteiger partial charge in [0.05, 0.1) is 10.7 Å². The summed E-state index contributed by atoms with van der Waals surface area (Å²) in [6.45, 7) is 1.60. The molecule has 23 heavy (non-hydrogen) atoms. The molecule has 0 bridgehead atoms. The van der Waals surface area contributed by atoms with Crippen LogP contribution in [0.3, 0.4) is 0 Å². The first kappa shape index (κ1) is 17.0. The number of nitro groups is 1. The number of non-ortho nitro benzene ring substituents is 1. The molecule has 0 saturated carbocycles. The standard InChI is InChI=1S/C15H15FN2O4S/c1-11-2-3-13(8-15(11)16)9-17-23(21,22)10-12-4-6-14(7-5-12)18(19)20/h2-8,17H,9-10H2,1H3. The second-order valence-corrected chi connectivity index (χ2v) is 6.89. The third-order valence-electron chi connectivity index (χ3n) is 3.24. The van der Waals surface area contributed by atoms with Gasteiger partial charge in [0.25, 0.3) is 5.69 Å². The summed E-state index contributed by atoms with van der Waals surface area (Å²) in [7, 11) is -3.63. The lowest BCUT2D eigenvalue weighted by molar-refractivity contribution is -0.384. The Bertz CT molecular complexity index is 820. The second kappa shape index (κ2) is 6.84. The lowest BCUT2D eigenvalue weighted by atomic mass is 10.1. The number of hydrogen-bond acceptors (Lipinski definition) is 4. The van der Waals surface area contributed by atoms with Crippen LogP contribution in [0.15, 0.2) is 42.5 Å². The van der Waals surface area contributed by atoms with Crippen LogP contribution in [0.4, 0.5) is 10.1 Å². The predicted molar refractivity (Wildman–Crippen MR) is 83.7 cm³/mol. The summed E-state index contributed by atoms with van der Waals surface area (Å²) >= 11 is 0. The van der Waals surface area contributed by atoms with E-state index in [1.807, 2.05) is 0 Å². The minimum Gasteiger partial charge on any atom is -0.258 e. The van der Waals surface area contributed by atoms with E-state index in [-0.39, 0.29) is 18.0 Å². The van der Waals surface area contributed by atoms with Gasteiger partial charge >= 0.3 is 0 Å². The molecule has 6 nitrogen and oxygen atoms in total. The highest BCUT2D eigenvalue weighted by molar-refractivity contribution is 7.88. The first-order valence-corrected chi connectivity index (χ1v) is 8.38. The van der Waals surface area contributed by atoms with Crippen LogP contribution < -0.4 is 4.72 Å². The van der Waals surface area contributed by atoms with E-state index in [2.05, 4.69) is 4.72 Å². The number of rotatable bonds is 6. The molecule has 1 N–H and O–H groups in total. The van der Waals surface area contributed by atoms with Crippen molar-refractivity contribution in [2.75, 3.05) is 0 Å². The molecule has 0 aromatic heterocycles. The van der Waals surface area contributed by atoms with Crippen molar-refractivity contribution in [1.29, 1.82) is 0 Å². The Labute approximate surface area is 133 Å². The van der Waals surface area contributed by atoms with Crippen molar-refractivity contribution < 1.29 is 17.7 Å². The number of halogens is 1. The highest BCUT2D eigenvalue weighted by Crippen LogP contribution is 2.14. The fourth-order valence-corrected chi connectivity index (χ4v) is 3.04. The monoisotopic (exact) mass is 338 g/mol. The molecule has 0 fully saturated rings. The Hall–Kier alpha value is -2.32. The topological polar surface area (TPSA) is 89.3 Å². The SMILES string of the molecule is Cc1ccc(CNS(=O)(=O)Cc2ccc([N+](=O)[O-])cc2)cc1F. The summed E-state index contributed by atoms with van der Waals surface area (Å²) < 4.78 is 39.8. The largest absolute Gasteiger partial charge is 0.269 e. The molecule has 0 heterocycles. The minimum atomic E-state index is -3.63. The van der Waals surface area contributed by atoms with Crippen LogP contribution >= 0.6 is 0 Å². The number of nitrogens with zero attached hydrogens (tertiary/aromatic N) is 1. The molecule has 8 heteroatoms. The molecule has 0 amide bonds. The maximum atomic E-state index is 13.4. The summed E-state index contributed by atoms with van der Waals surface area (Å²) in [4.78, 5) is 10.00. The van der Waals surface area contributed by atoms with Gasteiger partial charge in [-0.1, -0.05) is 24.3 Å². The van der Waals surface area contributed by atoms with Crippen LogP contribution in [0, 0.1) is 22.9 Å². The first-order chi connectivity index (χ1) is 10.8. The Balaban J connectivity index is 2.01. The average Bonchev–Trinajstić information content (AvgIpc) is 2.49. The van der Waals surface area contributed by atoms with Gasteiger partial charge in [-0.05, 0) is 29.7 Å². The average molecular weight is 338 g/mol. The molecule has 0 spiro atoms. The van der Waals surface area contributed by atoms with Gasteiger partial charge in [0.15, 0.2) is 0 Å². The number of nitrogens with one attached hydrogen (secondary N) is 1. The minimum absolute atomic E-state index is 0.0213. The molecule has 0 aliphatic rings. The number of benzene rings is 2. The molecular weight excluding hydrogens is 323 g/mol. The van der Waals surface area contributed by atoms with Crippen LogP contribution in [0.5, 0.6) is 0 Å². The van der Waals surface area contributed by atoms with Crippen LogP contribution in [-0.4, -0.2) is 13.3 Å². The molecular formula is C15H15FN2O4S. The van der Waals surface area contributed by atoms with Gasteiger partial charge in [0.1, 0.15) is 5.82 Å². The van der Waals surface area contributed by atoms with E-state index < -0.39 is 20.8 Å². The molecule has 2 aromatic carbocycles. The van der Waals surface area contributed by atoms with Gasteiger partial charge in [-0.3, -0.25) is 10.1 Å². The maximum absolute atomic E-state index is 13.4. The highest BCUT2D eigenvalue weighted by Gasteiger charge is 2.13. The van der Waals surface area contributed by atoms with E-state index in [0.29, 0.717) is 16.7 Å². The van der Waals surface area contributed by atoms with Gasteiger partial charge < -0.3 is 0 Å². The van der Waals surface area contributed by atoms with Crippen LogP contribution in [0.1, 0.15) is 16.7 Å². The molecule has 0 radical (unpaired) electrons. The first-order valence-electron chi connectivity index (χ1n) is 6.72. The van der Waals surface area contributed by atoms with Crippen molar-refractivity contribution in [1.82, 2.24) is 4.72 Å². The molecule has 0 aliphatic carbocycles. The number of hydrogen-bond donors (Lipinski definition) is 1. The third-order valence-corrected chi connectivity index (χ3v) is 4.53. The summed E-state index contributed by atoms with van der Waals surface area (Å²) in [5.74, 6) is -0.698. The van der Waals surface area contributed by atoms with E-state index in [1.165, 1.54) is 30.3 Å². The molecule has 0 saturated heterocycles. The summed E-state index contributed by atoms with van der Waals surface area (Å²) in [6.07, 6.45) is 0.